The van der Waals surface area contributed by atoms with Crippen LogP contribution in [0.15, 0.2) is 104 Å². The van der Waals surface area contributed by atoms with Crippen molar-refractivity contribution in [1.29, 1.82) is 0 Å². The Morgan fingerprint density at radius 2 is 1.73 bits per heavy atom. The van der Waals surface area contributed by atoms with Crippen LogP contribution in [-0.2, 0) is 11.2 Å². The van der Waals surface area contributed by atoms with E-state index >= 15 is 0 Å². The van der Waals surface area contributed by atoms with Crippen molar-refractivity contribution in [2.24, 2.45) is 4.99 Å². The molecule has 2 N–H and O–H groups in total. The number of nitrogens with one attached hydrogen (secondary N) is 2. The second-order valence-electron chi connectivity index (χ2n) is 7.22. The molecule has 5 heteroatoms. The predicted octanol–water partition coefficient (Wildman–Crippen LogP) is 4.95. The molecule has 0 heterocycles. The van der Waals surface area contributed by atoms with E-state index in [4.69, 9.17) is 4.74 Å². The van der Waals surface area contributed by atoms with Crippen molar-refractivity contribution in [3.63, 3.8) is 0 Å². The molecule has 0 spiro atoms. The average molecular weight is 442 g/mol. The molecule has 0 radical (unpaired) electrons. The standard InChI is InChI=1S/C28H31N3O2/c1-7-18-33-24-14-12-23(13-15-24)19-20(2)25-10-8-9-11-26(25)22(4)27(30-6)28(32)31-21(3)16-17-29-5/h7-17,29H,1-4,18-19H2,5-6H3,(H,31,32)/b17-16-,30-27?. The Labute approximate surface area is 196 Å². The summed E-state index contributed by atoms with van der Waals surface area (Å²) in [6.07, 6.45) is 5.69. The molecular formula is C28H31N3O2. The van der Waals surface area contributed by atoms with E-state index in [0.29, 0.717) is 24.3 Å². The lowest BCUT2D eigenvalue weighted by Crippen LogP contribution is -2.30. The number of hydrogen-bond donors (Lipinski definition) is 2. The third-order valence-corrected chi connectivity index (χ3v) is 4.79. The van der Waals surface area contributed by atoms with Crippen LogP contribution in [0.25, 0.3) is 11.1 Å². The smallest absolute Gasteiger partial charge is 0.274 e. The summed E-state index contributed by atoms with van der Waals surface area (Å²) in [7, 11) is 3.33. The fourth-order valence-corrected chi connectivity index (χ4v) is 3.19. The Morgan fingerprint density at radius 3 is 2.33 bits per heavy atom. The fourth-order valence-electron chi connectivity index (χ4n) is 3.19. The Balaban J connectivity index is 2.20. The third-order valence-electron chi connectivity index (χ3n) is 4.79. The minimum Gasteiger partial charge on any atom is -0.490 e. The molecule has 170 valence electrons. The molecule has 2 aromatic rings. The van der Waals surface area contributed by atoms with Crippen LogP contribution in [0.4, 0.5) is 0 Å². The van der Waals surface area contributed by atoms with Crippen molar-refractivity contribution < 1.29 is 9.53 Å². The van der Waals surface area contributed by atoms with E-state index in [-0.39, 0.29) is 11.6 Å². The van der Waals surface area contributed by atoms with E-state index in [9.17, 15) is 4.79 Å². The molecule has 2 aromatic carbocycles. The zero-order valence-corrected chi connectivity index (χ0v) is 19.4. The number of hydrogen-bond acceptors (Lipinski definition) is 4. The second kappa shape index (κ2) is 12.7. The van der Waals surface area contributed by atoms with Gasteiger partial charge in [-0.2, -0.15) is 0 Å². The Morgan fingerprint density at radius 1 is 1.06 bits per heavy atom. The molecule has 0 aliphatic heterocycles. The van der Waals surface area contributed by atoms with Gasteiger partial charge in [-0.1, -0.05) is 68.8 Å². The monoisotopic (exact) mass is 441 g/mol. The molecule has 1 amide bonds. The molecule has 0 saturated heterocycles. The van der Waals surface area contributed by atoms with Crippen LogP contribution in [0.1, 0.15) is 16.7 Å². The van der Waals surface area contributed by atoms with E-state index in [1.807, 2.05) is 48.5 Å². The summed E-state index contributed by atoms with van der Waals surface area (Å²) >= 11 is 0. The maximum Gasteiger partial charge on any atom is 0.274 e. The molecule has 0 unspecified atom stereocenters. The summed E-state index contributed by atoms with van der Waals surface area (Å²) in [5.41, 5.74) is 4.92. The van der Waals surface area contributed by atoms with Crippen LogP contribution in [0.2, 0.25) is 0 Å². The Hall–Kier alpha value is -4.12. The van der Waals surface area contributed by atoms with Gasteiger partial charge in [0.1, 0.15) is 18.1 Å². The third kappa shape index (κ3) is 7.21. The molecule has 0 atom stereocenters. The number of rotatable bonds is 12. The first-order chi connectivity index (χ1) is 15.9. The summed E-state index contributed by atoms with van der Waals surface area (Å²) in [6, 6.07) is 15.6. The minimum absolute atomic E-state index is 0.234. The molecule has 0 saturated carbocycles. The molecule has 0 aromatic heterocycles. The predicted molar refractivity (Wildman–Crippen MR) is 139 cm³/mol. The first-order valence-electron chi connectivity index (χ1n) is 10.5. The first-order valence-corrected chi connectivity index (χ1v) is 10.5. The number of benzene rings is 2. The number of allylic oxidation sites excluding steroid dienone is 2. The molecule has 0 fully saturated rings. The van der Waals surface area contributed by atoms with Crippen molar-refractivity contribution in [2.45, 2.75) is 6.42 Å². The summed E-state index contributed by atoms with van der Waals surface area (Å²) in [5.74, 6) is 0.419. The average Bonchev–Trinajstić information content (AvgIpc) is 2.82. The lowest BCUT2D eigenvalue weighted by Gasteiger charge is -2.16. The number of amides is 1. The number of aliphatic imine (C=N–C) groups is 1. The van der Waals surface area contributed by atoms with E-state index in [0.717, 1.165) is 28.0 Å². The minimum atomic E-state index is -0.371. The van der Waals surface area contributed by atoms with Crippen LogP contribution in [0.5, 0.6) is 5.75 Å². The SMILES string of the molecule is C=CCOc1ccc(CC(=C)c2ccccc2C(=C)C(=NC)C(=O)NC(=C)/C=C\NC)cc1. The van der Waals surface area contributed by atoms with Gasteiger partial charge < -0.3 is 15.4 Å². The van der Waals surface area contributed by atoms with Crippen molar-refractivity contribution >= 4 is 22.8 Å². The summed E-state index contributed by atoms with van der Waals surface area (Å²) < 4.78 is 5.54. The second-order valence-corrected chi connectivity index (χ2v) is 7.22. The molecule has 0 aliphatic carbocycles. The van der Waals surface area contributed by atoms with Gasteiger partial charge in [0.15, 0.2) is 0 Å². The van der Waals surface area contributed by atoms with Crippen molar-refractivity contribution in [3.05, 3.63) is 116 Å². The van der Waals surface area contributed by atoms with Crippen LogP contribution >= 0.6 is 0 Å². The molecule has 2 rings (SSSR count). The quantitative estimate of drug-likeness (QED) is 0.278. The summed E-state index contributed by atoms with van der Waals surface area (Å²) in [4.78, 5) is 17.0. The van der Waals surface area contributed by atoms with E-state index in [1.165, 1.54) is 0 Å². The first kappa shape index (κ1) is 25.1. The lowest BCUT2D eigenvalue weighted by molar-refractivity contribution is -0.113. The van der Waals surface area contributed by atoms with Gasteiger partial charge in [0.25, 0.3) is 5.91 Å². The zero-order valence-electron chi connectivity index (χ0n) is 19.4. The van der Waals surface area contributed by atoms with Crippen LogP contribution in [-0.4, -0.2) is 32.3 Å². The van der Waals surface area contributed by atoms with Crippen molar-refractivity contribution in [1.82, 2.24) is 10.6 Å². The maximum atomic E-state index is 12.8. The number of ether oxygens (including phenoxy) is 1. The molecule has 33 heavy (non-hydrogen) atoms. The van der Waals surface area contributed by atoms with Gasteiger partial charge in [0, 0.05) is 25.4 Å². The number of carbonyl (C=O) groups excluding carboxylic acids is 1. The van der Waals surface area contributed by atoms with Gasteiger partial charge in [-0.05, 0) is 53.1 Å². The number of carbonyl (C=O) groups is 1. The highest BCUT2D eigenvalue weighted by Crippen LogP contribution is 2.28. The van der Waals surface area contributed by atoms with E-state index in [1.54, 1.807) is 32.4 Å². The van der Waals surface area contributed by atoms with E-state index < -0.39 is 0 Å². The van der Waals surface area contributed by atoms with Crippen molar-refractivity contribution in [3.8, 4) is 5.75 Å². The molecule has 0 bridgehead atoms. The van der Waals surface area contributed by atoms with E-state index in [2.05, 4.69) is 41.9 Å². The highest BCUT2D eigenvalue weighted by Gasteiger charge is 2.19. The van der Waals surface area contributed by atoms with Gasteiger partial charge >= 0.3 is 0 Å². The van der Waals surface area contributed by atoms with Gasteiger partial charge in [0.05, 0.1) is 0 Å². The van der Waals surface area contributed by atoms with Crippen molar-refractivity contribution in [2.75, 3.05) is 20.7 Å². The zero-order chi connectivity index (χ0) is 24.2. The lowest BCUT2D eigenvalue weighted by atomic mass is 9.90. The molecule has 0 aliphatic rings. The Kier molecular flexibility index (Phi) is 9.65. The maximum absolute atomic E-state index is 12.8. The molecule has 5 nitrogen and oxygen atoms in total. The Bertz CT molecular complexity index is 1090. The number of nitrogens with zero attached hydrogens (tertiary/aromatic N) is 1. The topological polar surface area (TPSA) is 62.7 Å². The van der Waals surface area contributed by atoms with Crippen LogP contribution in [0, 0.1) is 0 Å². The van der Waals surface area contributed by atoms with Gasteiger partial charge in [0.2, 0.25) is 0 Å². The van der Waals surface area contributed by atoms with Crippen LogP contribution < -0.4 is 15.4 Å². The fraction of sp³-hybridized carbons (Fsp3) is 0.143. The normalized spacial score (nSPS) is 11.0. The largest absolute Gasteiger partial charge is 0.490 e. The van der Waals surface area contributed by atoms with Gasteiger partial charge in [-0.25, -0.2) is 0 Å². The highest BCUT2D eigenvalue weighted by molar-refractivity contribution is 6.56. The van der Waals surface area contributed by atoms with Gasteiger partial charge in [-0.15, -0.1) is 0 Å². The summed E-state index contributed by atoms with van der Waals surface area (Å²) in [6.45, 7) is 16.4. The summed E-state index contributed by atoms with van der Waals surface area (Å²) in [5, 5.41) is 5.59. The molecular weight excluding hydrogens is 410 g/mol. The highest BCUT2D eigenvalue weighted by atomic mass is 16.5. The van der Waals surface area contributed by atoms with Crippen LogP contribution in [0.3, 0.4) is 0 Å². The van der Waals surface area contributed by atoms with Gasteiger partial charge in [-0.3, -0.25) is 9.79 Å².